The third-order valence-electron chi connectivity index (χ3n) is 3.03. The zero-order chi connectivity index (χ0) is 11.6. The minimum Gasteiger partial charge on any atom is -0.382 e. The highest BCUT2D eigenvalue weighted by Crippen LogP contribution is 2.33. The number of rotatable bonds is 3. The highest BCUT2D eigenvalue weighted by atomic mass is 79.9. The lowest BCUT2D eigenvalue weighted by Crippen LogP contribution is -2.31. The second-order valence-corrected chi connectivity index (χ2v) is 5.43. The number of anilines is 1. The second kappa shape index (κ2) is 4.72. The zero-order valence-electron chi connectivity index (χ0n) is 9.05. The molecule has 0 bridgehead atoms. The molecule has 0 spiro atoms. The van der Waals surface area contributed by atoms with Crippen molar-refractivity contribution in [1.82, 2.24) is 0 Å². The van der Waals surface area contributed by atoms with E-state index < -0.39 is 5.67 Å². The van der Waals surface area contributed by atoms with Gasteiger partial charge in [0.25, 0.3) is 0 Å². The number of halogens is 2. The van der Waals surface area contributed by atoms with Crippen LogP contribution in [0.25, 0.3) is 0 Å². The molecule has 1 fully saturated rings. The summed E-state index contributed by atoms with van der Waals surface area (Å²) >= 11 is 3.38. The van der Waals surface area contributed by atoms with Crippen molar-refractivity contribution in [2.24, 2.45) is 5.73 Å². The molecule has 88 valence electrons. The summed E-state index contributed by atoms with van der Waals surface area (Å²) < 4.78 is 15.2. The number of nitrogens with one attached hydrogen (secondary N) is 1. The molecule has 0 heterocycles. The van der Waals surface area contributed by atoms with Crippen molar-refractivity contribution >= 4 is 21.6 Å². The summed E-state index contributed by atoms with van der Waals surface area (Å²) in [6.07, 6.45) is 1.82. The van der Waals surface area contributed by atoms with Gasteiger partial charge in [0.05, 0.1) is 0 Å². The number of hydrogen-bond donors (Lipinski definition) is 2. The lowest BCUT2D eigenvalue weighted by molar-refractivity contribution is 0.187. The maximum Gasteiger partial charge on any atom is 0.129 e. The first-order valence-corrected chi connectivity index (χ1v) is 6.31. The fourth-order valence-electron chi connectivity index (χ4n) is 2.14. The minimum atomic E-state index is -1.14. The highest BCUT2D eigenvalue weighted by Gasteiger charge is 2.37. The zero-order valence-corrected chi connectivity index (χ0v) is 10.6. The van der Waals surface area contributed by atoms with E-state index >= 15 is 0 Å². The van der Waals surface area contributed by atoms with E-state index in [0.717, 1.165) is 16.6 Å². The van der Waals surface area contributed by atoms with E-state index in [1.165, 1.54) is 0 Å². The predicted octanol–water partition coefficient (Wildman–Crippen LogP) is 3.08. The van der Waals surface area contributed by atoms with Gasteiger partial charge in [-0.1, -0.05) is 22.0 Å². The molecule has 2 nitrogen and oxygen atoms in total. The van der Waals surface area contributed by atoms with Crippen LogP contribution < -0.4 is 11.1 Å². The van der Waals surface area contributed by atoms with Gasteiger partial charge in [0.15, 0.2) is 0 Å². The summed E-state index contributed by atoms with van der Waals surface area (Å²) in [7, 11) is 0. The third-order valence-corrected chi connectivity index (χ3v) is 3.52. The summed E-state index contributed by atoms with van der Waals surface area (Å²) in [5.74, 6) is 0. The van der Waals surface area contributed by atoms with Gasteiger partial charge in [-0.15, -0.1) is 0 Å². The van der Waals surface area contributed by atoms with Gasteiger partial charge in [0, 0.05) is 22.7 Å². The van der Waals surface area contributed by atoms with Crippen LogP contribution in [0.1, 0.15) is 19.3 Å². The van der Waals surface area contributed by atoms with Gasteiger partial charge in [0.1, 0.15) is 5.67 Å². The molecule has 3 N–H and O–H groups in total. The molecule has 1 aromatic rings. The maximum atomic E-state index is 14.2. The highest BCUT2D eigenvalue weighted by molar-refractivity contribution is 9.10. The van der Waals surface area contributed by atoms with E-state index in [1.807, 2.05) is 24.3 Å². The fraction of sp³-hybridized carbons (Fsp3) is 0.500. The Morgan fingerprint density at radius 2 is 2.38 bits per heavy atom. The van der Waals surface area contributed by atoms with E-state index in [2.05, 4.69) is 21.2 Å². The van der Waals surface area contributed by atoms with Gasteiger partial charge >= 0.3 is 0 Å². The summed E-state index contributed by atoms with van der Waals surface area (Å²) in [6, 6.07) is 7.77. The summed E-state index contributed by atoms with van der Waals surface area (Å²) in [6.45, 7) is 0.344. The van der Waals surface area contributed by atoms with Crippen LogP contribution in [0, 0.1) is 0 Å². The topological polar surface area (TPSA) is 38.0 Å². The molecule has 0 radical (unpaired) electrons. The lowest BCUT2D eigenvalue weighted by atomic mass is 10.0. The van der Waals surface area contributed by atoms with Crippen LogP contribution in [-0.2, 0) is 0 Å². The van der Waals surface area contributed by atoms with Gasteiger partial charge in [-0.25, -0.2) is 4.39 Å². The van der Waals surface area contributed by atoms with E-state index in [1.54, 1.807) is 0 Å². The first-order chi connectivity index (χ1) is 7.57. The first-order valence-electron chi connectivity index (χ1n) is 5.51. The molecule has 2 atom stereocenters. The van der Waals surface area contributed by atoms with Gasteiger partial charge < -0.3 is 11.1 Å². The van der Waals surface area contributed by atoms with Crippen molar-refractivity contribution < 1.29 is 4.39 Å². The largest absolute Gasteiger partial charge is 0.382 e. The molecule has 0 amide bonds. The normalized spacial score (nSPS) is 29.3. The molecular weight excluding hydrogens is 271 g/mol. The van der Waals surface area contributed by atoms with Crippen molar-refractivity contribution in [3.05, 3.63) is 28.7 Å². The van der Waals surface area contributed by atoms with Crippen LogP contribution in [0.5, 0.6) is 0 Å². The van der Waals surface area contributed by atoms with Crippen LogP contribution in [0.3, 0.4) is 0 Å². The number of hydrogen-bond acceptors (Lipinski definition) is 2. The van der Waals surface area contributed by atoms with Crippen LogP contribution in [0.2, 0.25) is 0 Å². The molecular formula is C12H16BrFN2. The third kappa shape index (κ3) is 2.95. The molecule has 2 rings (SSSR count). The fourth-order valence-corrected chi connectivity index (χ4v) is 2.54. The molecule has 16 heavy (non-hydrogen) atoms. The van der Waals surface area contributed by atoms with Crippen molar-refractivity contribution in [2.45, 2.75) is 31.0 Å². The molecule has 1 aliphatic carbocycles. The van der Waals surface area contributed by atoms with Crippen LogP contribution >= 0.6 is 15.9 Å². The SMILES string of the molecule is NC1CCC(F)(CNc2cccc(Br)c2)C1. The Hall–Kier alpha value is -0.610. The number of alkyl halides is 1. The lowest BCUT2D eigenvalue weighted by Gasteiger charge is -2.20. The van der Waals surface area contributed by atoms with Crippen molar-refractivity contribution in [2.75, 3.05) is 11.9 Å². The summed E-state index contributed by atoms with van der Waals surface area (Å²) in [5.41, 5.74) is 5.53. The molecule has 2 unspecified atom stereocenters. The van der Waals surface area contributed by atoms with Gasteiger partial charge in [-0.3, -0.25) is 0 Å². The number of nitrogens with two attached hydrogens (primary N) is 1. The molecule has 0 aliphatic heterocycles. The standard InChI is InChI=1S/C12H16BrFN2/c13-9-2-1-3-11(6-9)16-8-12(14)5-4-10(15)7-12/h1-3,6,10,16H,4-5,7-8,15H2. The van der Waals surface area contributed by atoms with Crippen molar-refractivity contribution in [3.8, 4) is 0 Å². The van der Waals surface area contributed by atoms with Gasteiger partial charge in [-0.2, -0.15) is 0 Å². The molecule has 1 aliphatic rings. The Morgan fingerprint density at radius 1 is 1.56 bits per heavy atom. The Morgan fingerprint density at radius 3 is 3.00 bits per heavy atom. The Balaban J connectivity index is 1.92. The van der Waals surface area contributed by atoms with Gasteiger partial charge in [-0.05, 0) is 37.5 Å². The predicted molar refractivity (Wildman–Crippen MR) is 68.3 cm³/mol. The first kappa shape index (κ1) is 11.9. The van der Waals surface area contributed by atoms with Gasteiger partial charge in [0.2, 0.25) is 0 Å². The van der Waals surface area contributed by atoms with Crippen molar-refractivity contribution in [1.29, 1.82) is 0 Å². The average molecular weight is 287 g/mol. The molecule has 0 saturated heterocycles. The van der Waals surface area contributed by atoms with Crippen LogP contribution in [0.4, 0.5) is 10.1 Å². The quantitative estimate of drug-likeness (QED) is 0.896. The number of benzene rings is 1. The van der Waals surface area contributed by atoms with Crippen LogP contribution in [0.15, 0.2) is 28.7 Å². The Bertz CT molecular complexity index is 372. The summed E-state index contributed by atoms with van der Waals surface area (Å²) in [4.78, 5) is 0. The van der Waals surface area contributed by atoms with E-state index in [-0.39, 0.29) is 6.04 Å². The van der Waals surface area contributed by atoms with E-state index in [0.29, 0.717) is 19.4 Å². The molecule has 4 heteroatoms. The smallest absolute Gasteiger partial charge is 0.129 e. The minimum absolute atomic E-state index is 0.0225. The second-order valence-electron chi connectivity index (χ2n) is 4.52. The average Bonchev–Trinajstić information content (AvgIpc) is 2.57. The maximum absolute atomic E-state index is 14.2. The Labute approximate surface area is 104 Å². The molecule has 0 aromatic heterocycles. The Kier molecular flexibility index (Phi) is 3.50. The molecule has 1 aromatic carbocycles. The monoisotopic (exact) mass is 286 g/mol. The van der Waals surface area contributed by atoms with E-state index in [4.69, 9.17) is 5.73 Å². The summed E-state index contributed by atoms with van der Waals surface area (Å²) in [5, 5.41) is 3.13. The van der Waals surface area contributed by atoms with Crippen LogP contribution in [-0.4, -0.2) is 18.3 Å². The van der Waals surface area contributed by atoms with Crippen molar-refractivity contribution in [3.63, 3.8) is 0 Å². The molecule has 1 saturated carbocycles. The van der Waals surface area contributed by atoms with E-state index in [9.17, 15) is 4.39 Å².